The van der Waals surface area contributed by atoms with Gasteiger partial charge in [-0.1, -0.05) is 58.7 Å². The molecule has 0 aliphatic carbocycles. The smallest absolute Gasteiger partial charge is 0.199 e. The fourth-order valence-corrected chi connectivity index (χ4v) is 5.36. The molecule has 0 radical (unpaired) electrons. The van der Waals surface area contributed by atoms with E-state index in [1.165, 1.54) is 0 Å². The minimum atomic E-state index is -3.68. The molecular formula is C19H23NO2S2. The molecule has 128 valence electrons. The number of hydrogen-bond donors (Lipinski definition) is 0. The molecule has 0 amide bonds. The Morgan fingerprint density at radius 2 is 1.54 bits per heavy atom. The first-order chi connectivity index (χ1) is 11.2. The Morgan fingerprint density at radius 1 is 0.958 bits per heavy atom. The zero-order valence-corrected chi connectivity index (χ0v) is 16.1. The minimum absolute atomic E-state index is 0.239. The highest BCUT2D eigenvalue weighted by atomic mass is 32.3. The highest BCUT2D eigenvalue weighted by molar-refractivity contribution is 8.02. The van der Waals surface area contributed by atoms with Crippen molar-refractivity contribution < 1.29 is 8.42 Å². The van der Waals surface area contributed by atoms with Crippen molar-refractivity contribution in [2.75, 3.05) is 0 Å². The lowest BCUT2D eigenvalue weighted by atomic mass is 10.2. The standard InChI is InChI=1S/C19H23NO2S2/c1-16-10-12-18(13-11-16)24(21,22)20-23(19(2,3)4)15-14-17-8-6-5-7-9-17/h5-15H,1-4H3/b15-14+. The highest BCUT2D eigenvalue weighted by Gasteiger charge is 2.20. The van der Waals surface area contributed by atoms with E-state index in [1.807, 2.05) is 69.5 Å². The summed E-state index contributed by atoms with van der Waals surface area (Å²) in [7, 11) is -4.44. The summed E-state index contributed by atoms with van der Waals surface area (Å²) in [5, 5.41) is 1.89. The van der Waals surface area contributed by atoms with Gasteiger partial charge in [0.1, 0.15) is 0 Å². The van der Waals surface area contributed by atoms with Crippen LogP contribution in [-0.2, 0) is 20.7 Å². The van der Waals surface area contributed by atoms with E-state index in [2.05, 4.69) is 3.77 Å². The molecule has 2 aromatic carbocycles. The number of sulfonamides is 1. The van der Waals surface area contributed by atoms with Gasteiger partial charge in [-0.15, -0.1) is 3.77 Å². The van der Waals surface area contributed by atoms with E-state index in [-0.39, 0.29) is 9.64 Å². The molecule has 0 N–H and O–H groups in total. The Bertz CT molecular complexity index is 844. The maximum Gasteiger partial charge on any atom is 0.288 e. The van der Waals surface area contributed by atoms with Crippen LogP contribution in [0.25, 0.3) is 6.08 Å². The molecule has 2 aromatic rings. The van der Waals surface area contributed by atoms with Crippen molar-refractivity contribution in [2.24, 2.45) is 3.77 Å². The largest absolute Gasteiger partial charge is 0.288 e. The van der Waals surface area contributed by atoms with Crippen LogP contribution in [0.15, 0.2) is 68.7 Å². The van der Waals surface area contributed by atoms with Crippen LogP contribution in [0.1, 0.15) is 31.9 Å². The molecule has 0 fully saturated rings. The predicted molar refractivity (Wildman–Crippen MR) is 103 cm³/mol. The van der Waals surface area contributed by atoms with E-state index >= 15 is 0 Å². The predicted octanol–water partition coefficient (Wildman–Crippen LogP) is 4.96. The van der Waals surface area contributed by atoms with Crippen LogP contribution in [0.5, 0.6) is 0 Å². The van der Waals surface area contributed by atoms with Gasteiger partial charge in [-0.25, -0.2) is 0 Å². The van der Waals surface area contributed by atoms with Crippen molar-refractivity contribution in [3.8, 4) is 0 Å². The van der Waals surface area contributed by atoms with Crippen molar-refractivity contribution in [3.63, 3.8) is 0 Å². The van der Waals surface area contributed by atoms with Crippen LogP contribution in [-0.4, -0.2) is 13.2 Å². The van der Waals surface area contributed by atoms with Crippen molar-refractivity contribution in [2.45, 2.75) is 37.3 Å². The Morgan fingerprint density at radius 3 is 2.08 bits per heavy atom. The van der Waals surface area contributed by atoms with Gasteiger partial charge in [0.25, 0.3) is 10.0 Å². The molecule has 0 heterocycles. The molecule has 3 nitrogen and oxygen atoms in total. The van der Waals surface area contributed by atoms with E-state index in [4.69, 9.17) is 0 Å². The molecule has 24 heavy (non-hydrogen) atoms. The van der Waals surface area contributed by atoms with Gasteiger partial charge < -0.3 is 0 Å². The van der Waals surface area contributed by atoms with Gasteiger partial charge in [-0.05, 0) is 56.9 Å². The molecule has 0 aliphatic heterocycles. The fourth-order valence-electron chi connectivity index (χ4n) is 1.91. The number of nitrogens with zero attached hydrogens (tertiary/aromatic N) is 1. The Hall–Kier alpha value is -1.72. The minimum Gasteiger partial charge on any atom is -0.199 e. The first-order valence-corrected chi connectivity index (χ1v) is 10.4. The second kappa shape index (κ2) is 7.45. The van der Waals surface area contributed by atoms with Crippen molar-refractivity contribution >= 4 is 26.8 Å². The summed E-state index contributed by atoms with van der Waals surface area (Å²) >= 11 is 0. The number of rotatable bonds is 4. The van der Waals surface area contributed by atoms with Crippen molar-refractivity contribution in [3.05, 3.63) is 71.1 Å². The Balaban J connectivity index is 2.42. The molecule has 5 heteroatoms. The lowest BCUT2D eigenvalue weighted by molar-refractivity contribution is 0.598. The molecule has 2 rings (SSSR count). The quantitative estimate of drug-likeness (QED) is 0.773. The fraction of sp³-hybridized carbons (Fsp3) is 0.263. The van der Waals surface area contributed by atoms with Crippen LogP contribution in [0.3, 0.4) is 0 Å². The van der Waals surface area contributed by atoms with Crippen molar-refractivity contribution in [1.29, 1.82) is 0 Å². The third-order valence-corrected chi connectivity index (χ3v) is 7.26. The topological polar surface area (TPSA) is 46.5 Å². The van der Waals surface area contributed by atoms with Gasteiger partial charge in [-0.3, -0.25) is 0 Å². The first kappa shape index (κ1) is 18.6. The first-order valence-electron chi connectivity index (χ1n) is 7.70. The molecule has 0 bridgehead atoms. The number of aryl methyl sites for hydroxylation is 1. The molecule has 0 aliphatic rings. The van der Waals surface area contributed by atoms with Gasteiger partial charge in [0.2, 0.25) is 0 Å². The van der Waals surface area contributed by atoms with Crippen LogP contribution >= 0.6 is 0 Å². The monoisotopic (exact) mass is 361 g/mol. The number of benzene rings is 2. The van der Waals surface area contributed by atoms with E-state index in [1.54, 1.807) is 24.3 Å². The summed E-state index contributed by atoms with van der Waals surface area (Å²) in [4.78, 5) is 0.239. The van der Waals surface area contributed by atoms with Crippen LogP contribution in [0, 0.1) is 6.92 Å². The zero-order valence-electron chi connectivity index (χ0n) is 14.4. The summed E-state index contributed by atoms with van der Waals surface area (Å²) in [6.07, 6.45) is 1.93. The maximum atomic E-state index is 12.6. The van der Waals surface area contributed by atoms with Gasteiger partial charge in [0, 0.05) is 4.75 Å². The van der Waals surface area contributed by atoms with Crippen molar-refractivity contribution in [1.82, 2.24) is 0 Å². The lowest BCUT2D eigenvalue weighted by Crippen LogP contribution is -2.20. The second-order valence-corrected chi connectivity index (χ2v) is 10.6. The zero-order chi connectivity index (χ0) is 17.8. The van der Waals surface area contributed by atoms with Gasteiger partial charge in [0.15, 0.2) is 0 Å². The van der Waals surface area contributed by atoms with E-state index < -0.39 is 20.7 Å². The maximum absolute atomic E-state index is 12.6. The summed E-state index contributed by atoms with van der Waals surface area (Å²) in [6, 6.07) is 16.6. The van der Waals surface area contributed by atoms with Crippen LogP contribution in [0.2, 0.25) is 0 Å². The van der Waals surface area contributed by atoms with E-state index in [0.717, 1.165) is 11.1 Å². The molecular weight excluding hydrogens is 338 g/mol. The molecule has 0 saturated heterocycles. The molecule has 0 aromatic heterocycles. The molecule has 1 unspecified atom stereocenters. The van der Waals surface area contributed by atoms with Gasteiger partial charge in [-0.2, -0.15) is 8.42 Å². The summed E-state index contributed by atoms with van der Waals surface area (Å²) in [5.41, 5.74) is 2.05. The van der Waals surface area contributed by atoms with Gasteiger partial charge in [0.05, 0.1) is 4.90 Å². The summed E-state index contributed by atoms with van der Waals surface area (Å²) in [5.74, 6) is 0. The van der Waals surface area contributed by atoms with E-state index in [0.29, 0.717) is 0 Å². The average Bonchev–Trinajstić information content (AvgIpc) is 2.52. The molecule has 1 atom stereocenters. The van der Waals surface area contributed by atoms with Crippen LogP contribution < -0.4 is 0 Å². The Labute approximate surface area is 147 Å². The molecule has 0 spiro atoms. The SMILES string of the molecule is Cc1ccc(S(=O)(=O)/N=S(\C=C\c2ccccc2)C(C)(C)C)cc1. The summed E-state index contributed by atoms with van der Waals surface area (Å²) in [6.45, 7) is 7.93. The third kappa shape index (κ3) is 5.14. The van der Waals surface area contributed by atoms with Crippen LogP contribution in [0.4, 0.5) is 0 Å². The highest BCUT2D eigenvalue weighted by Crippen LogP contribution is 2.22. The Kier molecular flexibility index (Phi) is 5.78. The third-order valence-electron chi connectivity index (χ3n) is 3.31. The second-order valence-electron chi connectivity index (χ2n) is 6.50. The van der Waals surface area contributed by atoms with E-state index in [9.17, 15) is 8.42 Å². The normalized spacial score (nSPS) is 14.2. The summed E-state index contributed by atoms with van der Waals surface area (Å²) < 4.78 is 29.2. The lowest BCUT2D eigenvalue weighted by Gasteiger charge is -2.20. The molecule has 0 saturated carbocycles. The van der Waals surface area contributed by atoms with Gasteiger partial charge >= 0.3 is 0 Å². The average molecular weight is 362 g/mol. The number of hydrogen-bond acceptors (Lipinski definition) is 2.